The van der Waals surface area contributed by atoms with Gasteiger partial charge in [-0.1, -0.05) is 12.1 Å². The van der Waals surface area contributed by atoms with Crippen molar-refractivity contribution in [1.29, 1.82) is 0 Å². The van der Waals surface area contributed by atoms with Crippen LogP contribution in [-0.4, -0.2) is 19.5 Å². The van der Waals surface area contributed by atoms with E-state index in [0.29, 0.717) is 18.8 Å². The Balaban J connectivity index is 1.99. The van der Waals surface area contributed by atoms with Gasteiger partial charge in [-0.05, 0) is 36.6 Å². The summed E-state index contributed by atoms with van der Waals surface area (Å²) in [4.78, 5) is 11.9. The summed E-state index contributed by atoms with van der Waals surface area (Å²) in [5.41, 5.74) is 0.978. The number of ketones is 1. The number of methoxy groups -OCH3 is 1. The maximum absolute atomic E-state index is 11.9. The highest BCUT2D eigenvalue weighted by molar-refractivity contribution is 5.95. The zero-order chi connectivity index (χ0) is 12.1. The Morgan fingerprint density at radius 1 is 1.35 bits per heavy atom. The molecule has 90 valence electrons. The molecule has 2 rings (SSSR count). The summed E-state index contributed by atoms with van der Waals surface area (Å²) in [6.45, 7) is 0.653. The highest BCUT2D eigenvalue weighted by Crippen LogP contribution is 2.16. The third-order valence-corrected chi connectivity index (χ3v) is 2.73. The van der Waals surface area contributed by atoms with Gasteiger partial charge >= 0.3 is 0 Å². The minimum Gasteiger partial charge on any atom is -0.497 e. The Morgan fingerprint density at radius 3 is 2.71 bits per heavy atom. The Morgan fingerprint density at radius 2 is 2.12 bits per heavy atom. The molecule has 0 saturated heterocycles. The van der Waals surface area contributed by atoms with E-state index in [0.717, 1.165) is 24.2 Å². The van der Waals surface area contributed by atoms with Gasteiger partial charge in [0.1, 0.15) is 5.75 Å². The van der Waals surface area contributed by atoms with Gasteiger partial charge in [-0.15, -0.1) is 0 Å². The average Bonchev–Trinajstić information content (AvgIpc) is 2.40. The van der Waals surface area contributed by atoms with Crippen LogP contribution in [0.2, 0.25) is 0 Å². The zero-order valence-corrected chi connectivity index (χ0v) is 9.94. The third kappa shape index (κ3) is 3.09. The Bertz CT molecular complexity index is 418. The van der Waals surface area contributed by atoms with Crippen LogP contribution >= 0.6 is 0 Å². The van der Waals surface area contributed by atoms with Crippen molar-refractivity contribution < 1.29 is 14.3 Å². The van der Waals surface area contributed by atoms with Crippen LogP contribution in [0.1, 0.15) is 18.4 Å². The van der Waals surface area contributed by atoms with Gasteiger partial charge in [0, 0.05) is 6.42 Å². The normalized spacial score (nSPS) is 14.8. The van der Waals surface area contributed by atoms with Gasteiger partial charge in [-0.2, -0.15) is 0 Å². The fourth-order valence-electron chi connectivity index (χ4n) is 1.77. The van der Waals surface area contributed by atoms with Crippen LogP contribution in [0.25, 0.3) is 0 Å². The number of Topliss-reactive ketones (excluding diaryl/α,β-unsaturated/α-hetero) is 1. The molecule has 1 heterocycles. The van der Waals surface area contributed by atoms with Crippen LogP contribution < -0.4 is 4.74 Å². The summed E-state index contributed by atoms with van der Waals surface area (Å²) < 4.78 is 10.4. The number of hydrogen-bond acceptors (Lipinski definition) is 3. The number of carbonyl (C=O) groups excluding carboxylic acids is 1. The molecule has 1 aliphatic heterocycles. The van der Waals surface area contributed by atoms with Gasteiger partial charge in [-0.25, -0.2) is 0 Å². The first-order chi connectivity index (χ1) is 8.29. The van der Waals surface area contributed by atoms with Crippen LogP contribution in [0, 0.1) is 0 Å². The fraction of sp³-hybridized carbons (Fsp3) is 0.357. The lowest BCUT2D eigenvalue weighted by atomic mass is 10.1. The summed E-state index contributed by atoms with van der Waals surface area (Å²) in [7, 11) is 1.63. The van der Waals surface area contributed by atoms with Crippen molar-refractivity contribution in [3.05, 3.63) is 41.7 Å². The van der Waals surface area contributed by atoms with Gasteiger partial charge < -0.3 is 9.47 Å². The van der Waals surface area contributed by atoms with Crippen molar-refractivity contribution in [3.8, 4) is 5.75 Å². The molecule has 0 bridgehead atoms. The molecule has 3 nitrogen and oxygen atoms in total. The lowest BCUT2D eigenvalue weighted by Crippen LogP contribution is -2.13. The number of hydrogen-bond donors (Lipinski definition) is 0. The second-order valence-corrected chi connectivity index (χ2v) is 4.01. The minimum atomic E-state index is 0.0508. The zero-order valence-electron chi connectivity index (χ0n) is 9.94. The molecule has 0 saturated carbocycles. The van der Waals surface area contributed by atoms with Gasteiger partial charge in [-0.3, -0.25) is 4.79 Å². The highest BCUT2D eigenvalue weighted by Gasteiger charge is 2.14. The van der Waals surface area contributed by atoms with Crippen molar-refractivity contribution in [2.24, 2.45) is 0 Å². The van der Waals surface area contributed by atoms with Crippen molar-refractivity contribution in [1.82, 2.24) is 0 Å². The fourth-order valence-corrected chi connectivity index (χ4v) is 1.77. The maximum atomic E-state index is 11.9. The number of allylic oxidation sites excluding steroid dienone is 2. The van der Waals surface area contributed by atoms with E-state index in [1.165, 1.54) is 0 Å². The van der Waals surface area contributed by atoms with E-state index in [2.05, 4.69) is 0 Å². The number of ether oxygens (including phenoxy) is 2. The largest absolute Gasteiger partial charge is 0.497 e. The van der Waals surface area contributed by atoms with Gasteiger partial charge in [0.2, 0.25) is 5.78 Å². The first-order valence-corrected chi connectivity index (χ1v) is 5.78. The van der Waals surface area contributed by atoms with E-state index >= 15 is 0 Å². The van der Waals surface area contributed by atoms with Crippen molar-refractivity contribution in [3.63, 3.8) is 0 Å². The molecule has 1 aliphatic rings. The van der Waals surface area contributed by atoms with Crippen LogP contribution in [0.5, 0.6) is 5.75 Å². The molecule has 0 spiro atoms. The Labute approximate surface area is 101 Å². The Kier molecular flexibility index (Phi) is 3.81. The first kappa shape index (κ1) is 11.7. The third-order valence-electron chi connectivity index (χ3n) is 2.73. The van der Waals surface area contributed by atoms with Crippen LogP contribution in [0.15, 0.2) is 36.1 Å². The van der Waals surface area contributed by atoms with Crippen LogP contribution in [-0.2, 0) is 16.0 Å². The van der Waals surface area contributed by atoms with Crippen molar-refractivity contribution in [2.45, 2.75) is 19.3 Å². The second-order valence-electron chi connectivity index (χ2n) is 4.01. The molecule has 0 N–H and O–H groups in total. The minimum absolute atomic E-state index is 0.0508. The molecule has 1 aromatic rings. The van der Waals surface area contributed by atoms with E-state index in [4.69, 9.17) is 9.47 Å². The summed E-state index contributed by atoms with van der Waals surface area (Å²) >= 11 is 0. The second kappa shape index (κ2) is 5.53. The summed E-state index contributed by atoms with van der Waals surface area (Å²) in [6.07, 6.45) is 4.20. The SMILES string of the molecule is COc1ccc(CC(=O)C2=CCCCO2)cc1. The molecule has 0 aliphatic carbocycles. The van der Waals surface area contributed by atoms with Gasteiger partial charge in [0.05, 0.1) is 13.7 Å². The monoisotopic (exact) mass is 232 g/mol. The van der Waals surface area contributed by atoms with E-state index in [9.17, 15) is 4.79 Å². The highest BCUT2D eigenvalue weighted by atomic mass is 16.5. The van der Waals surface area contributed by atoms with Gasteiger partial charge in [0.25, 0.3) is 0 Å². The number of rotatable bonds is 4. The molecule has 0 amide bonds. The van der Waals surface area contributed by atoms with E-state index in [1.807, 2.05) is 30.3 Å². The molecule has 1 aromatic carbocycles. The van der Waals surface area contributed by atoms with E-state index < -0.39 is 0 Å². The van der Waals surface area contributed by atoms with Gasteiger partial charge in [0.15, 0.2) is 5.76 Å². The Hall–Kier alpha value is -1.77. The van der Waals surface area contributed by atoms with E-state index in [-0.39, 0.29) is 5.78 Å². The predicted molar refractivity (Wildman–Crippen MR) is 65.0 cm³/mol. The van der Waals surface area contributed by atoms with Crippen molar-refractivity contribution in [2.75, 3.05) is 13.7 Å². The quantitative estimate of drug-likeness (QED) is 0.800. The predicted octanol–water partition coefficient (Wildman–Crippen LogP) is 2.50. The topological polar surface area (TPSA) is 35.5 Å². The summed E-state index contributed by atoms with van der Waals surface area (Å²) in [6, 6.07) is 7.53. The molecule has 0 fully saturated rings. The van der Waals surface area contributed by atoms with E-state index in [1.54, 1.807) is 7.11 Å². The number of benzene rings is 1. The molecule has 3 heteroatoms. The van der Waals surface area contributed by atoms with Crippen molar-refractivity contribution >= 4 is 5.78 Å². The lowest BCUT2D eigenvalue weighted by molar-refractivity contribution is -0.118. The molecule has 17 heavy (non-hydrogen) atoms. The lowest BCUT2D eigenvalue weighted by Gasteiger charge is -2.13. The van der Waals surface area contributed by atoms with Crippen LogP contribution in [0.4, 0.5) is 0 Å². The first-order valence-electron chi connectivity index (χ1n) is 5.78. The molecule has 0 atom stereocenters. The molecule has 0 aromatic heterocycles. The molecule has 0 radical (unpaired) electrons. The average molecular weight is 232 g/mol. The molecular weight excluding hydrogens is 216 g/mol. The summed E-state index contributed by atoms with van der Waals surface area (Å²) in [5, 5.41) is 0. The standard InChI is InChI=1S/C14H16O3/c1-16-12-7-5-11(6-8-12)10-13(15)14-4-2-3-9-17-14/h4-8H,2-3,9-10H2,1H3. The number of carbonyl (C=O) groups is 1. The molecule has 0 unspecified atom stereocenters. The van der Waals surface area contributed by atoms with Crippen LogP contribution in [0.3, 0.4) is 0 Å². The summed E-state index contributed by atoms with van der Waals surface area (Å²) in [5.74, 6) is 1.37. The maximum Gasteiger partial charge on any atom is 0.201 e. The smallest absolute Gasteiger partial charge is 0.201 e. The molecular formula is C14H16O3.